The zero-order valence-electron chi connectivity index (χ0n) is 20.5. The average molecular weight is 590 g/mol. The van der Waals surface area contributed by atoms with E-state index in [9.17, 15) is 9.59 Å². The molecule has 10 heteroatoms. The van der Waals surface area contributed by atoms with Crippen molar-refractivity contribution in [1.29, 1.82) is 0 Å². The highest BCUT2D eigenvalue weighted by atomic mass is 79.9. The monoisotopic (exact) mass is 588 g/mol. The van der Waals surface area contributed by atoms with E-state index in [1.165, 1.54) is 18.4 Å². The first-order chi connectivity index (χ1) is 17.3. The van der Waals surface area contributed by atoms with Crippen LogP contribution >= 0.6 is 39.0 Å². The van der Waals surface area contributed by atoms with Gasteiger partial charge in [0.05, 0.1) is 42.7 Å². The van der Waals surface area contributed by atoms with Gasteiger partial charge in [-0.25, -0.2) is 9.79 Å². The standard InChI is InChI=1S/C26H25BrN2O5S2/c1-6-34-25(31)22-14(2)28-26-29(23(22)17-12-19(32-3)20(33-4)13-18(17)27)24(30)21(36-26)11-15-7-9-16(35-5)10-8-15/h7-13,23H,6H2,1-5H3/b21-11-/t23-/m1/s1. The van der Waals surface area contributed by atoms with E-state index in [4.69, 9.17) is 14.2 Å². The predicted octanol–water partition coefficient (Wildman–Crippen LogP) is 4.30. The molecule has 1 aliphatic rings. The molecule has 0 amide bonds. The van der Waals surface area contributed by atoms with Crippen LogP contribution in [-0.4, -0.2) is 37.6 Å². The molecule has 1 atom stereocenters. The van der Waals surface area contributed by atoms with Crippen LogP contribution in [0, 0.1) is 0 Å². The quantitative estimate of drug-likeness (QED) is 0.302. The van der Waals surface area contributed by atoms with Crippen LogP contribution in [-0.2, 0) is 9.53 Å². The number of halogens is 1. The maximum absolute atomic E-state index is 13.8. The topological polar surface area (TPSA) is 79.1 Å². The SMILES string of the molecule is CCOC(=O)C1=C(C)N=c2s/c(=C\c3ccc(SC)cc3)c(=O)n2[C@@H]1c1cc(OC)c(OC)cc1Br. The summed E-state index contributed by atoms with van der Waals surface area (Å²) >= 11 is 6.55. The first kappa shape index (κ1) is 26.2. The zero-order valence-corrected chi connectivity index (χ0v) is 23.7. The Bertz CT molecular complexity index is 1520. The number of allylic oxidation sites excluding steroid dienone is 1. The van der Waals surface area contributed by atoms with Crippen LogP contribution in [0.5, 0.6) is 11.5 Å². The summed E-state index contributed by atoms with van der Waals surface area (Å²) in [4.78, 5) is 33.2. The first-order valence-electron chi connectivity index (χ1n) is 11.1. The van der Waals surface area contributed by atoms with E-state index < -0.39 is 12.0 Å². The molecule has 0 saturated heterocycles. The van der Waals surface area contributed by atoms with Crippen molar-refractivity contribution in [1.82, 2.24) is 4.57 Å². The van der Waals surface area contributed by atoms with Gasteiger partial charge in [-0.05, 0) is 61.6 Å². The number of methoxy groups -OCH3 is 2. The molecule has 2 aromatic carbocycles. The number of hydrogen-bond donors (Lipinski definition) is 0. The van der Waals surface area contributed by atoms with E-state index in [2.05, 4.69) is 20.9 Å². The van der Waals surface area contributed by atoms with Crippen molar-refractivity contribution in [3.8, 4) is 11.5 Å². The van der Waals surface area contributed by atoms with E-state index in [-0.39, 0.29) is 12.2 Å². The summed E-state index contributed by atoms with van der Waals surface area (Å²) in [5.41, 5.74) is 2.11. The van der Waals surface area contributed by atoms with Gasteiger partial charge in [0.2, 0.25) is 0 Å². The lowest BCUT2D eigenvalue weighted by Gasteiger charge is -2.26. The molecule has 0 radical (unpaired) electrons. The number of carbonyl (C=O) groups excluding carboxylic acids is 1. The van der Waals surface area contributed by atoms with Crippen molar-refractivity contribution in [2.45, 2.75) is 24.8 Å². The summed E-state index contributed by atoms with van der Waals surface area (Å²) in [6.07, 6.45) is 3.86. The summed E-state index contributed by atoms with van der Waals surface area (Å²) in [5.74, 6) is 0.476. The van der Waals surface area contributed by atoms with E-state index in [0.717, 1.165) is 10.5 Å². The molecule has 2 heterocycles. The number of carbonyl (C=O) groups is 1. The van der Waals surface area contributed by atoms with Crippen LogP contribution in [0.15, 0.2) is 66.8 Å². The lowest BCUT2D eigenvalue weighted by Crippen LogP contribution is -2.40. The fourth-order valence-corrected chi connectivity index (χ4v) is 6.01. The van der Waals surface area contributed by atoms with Gasteiger partial charge in [-0.1, -0.05) is 39.4 Å². The minimum absolute atomic E-state index is 0.200. The molecule has 36 heavy (non-hydrogen) atoms. The number of thiazole rings is 1. The Morgan fingerprint density at radius 2 is 1.86 bits per heavy atom. The van der Waals surface area contributed by atoms with E-state index >= 15 is 0 Å². The molecule has 0 unspecified atom stereocenters. The first-order valence-corrected chi connectivity index (χ1v) is 13.9. The van der Waals surface area contributed by atoms with Crippen molar-refractivity contribution < 1.29 is 19.0 Å². The van der Waals surface area contributed by atoms with Gasteiger partial charge < -0.3 is 14.2 Å². The summed E-state index contributed by atoms with van der Waals surface area (Å²) in [6, 6.07) is 10.7. The van der Waals surface area contributed by atoms with Crippen molar-refractivity contribution >= 4 is 51.1 Å². The molecule has 0 N–H and O–H groups in total. The van der Waals surface area contributed by atoms with Crippen LogP contribution in [0.2, 0.25) is 0 Å². The molecule has 0 bridgehead atoms. The summed E-state index contributed by atoms with van der Waals surface area (Å²) in [7, 11) is 3.09. The lowest BCUT2D eigenvalue weighted by atomic mass is 9.95. The smallest absolute Gasteiger partial charge is 0.338 e. The van der Waals surface area contributed by atoms with Crippen LogP contribution in [0.4, 0.5) is 0 Å². The van der Waals surface area contributed by atoms with Gasteiger partial charge in [0.1, 0.15) is 0 Å². The molecule has 7 nitrogen and oxygen atoms in total. The van der Waals surface area contributed by atoms with Crippen molar-refractivity contribution in [3.05, 3.63) is 83.0 Å². The fourth-order valence-electron chi connectivity index (χ4n) is 4.02. The third-order valence-corrected chi connectivity index (χ3v) is 8.14. The second-order valence-electron chi connectivity index (χ2n) is 7.80. The number of ether oxygens (including phenoxy) is 3. The van der Waals surface area contributed by atoms with E-state index in [1.54, 1.807) is 49.4 Å². The summed E-state index contributed by atoms with van der Waals surface area (Å²) in [6.45, 7) is 3.70. The molecule has 1 aromatic heterocycles. The predicted molar refractivity (Wildman–Crippen MR) is 146 cm³/mol. The number of benzene rings is 2. The normalized spacial score (nSPS) is 15.4. The maximum atomic E-state index is 13.8. The summed E-state index contributed by atoms with van der Waals surface area (Å²) < 4.78 is 19.0. The molecule has 188 valence electrons. The minimum atomic E-state index is -0.768. The van der Waals surface area contributed by atoms with Crippen molar-refractivity contribution in [3.63, 3.8) is 0 Å². The molecular formula is C26H25BrN2O5S2. The third kappa shape index (κ3) is 4.89. The lowest BCUT2D eigenvalue weighted by molar-refractivity contribution is -0.139. The van der Waals surface area contributed by atoms with Crippen LogP contribution in [0.25, 0.3) is 6.08 Å². The van der Waals surface area contributed by atoms with E-state index in [0.29, 0.717) is 42.1 Å². The van der Waals surface area contributed by atoms with Gasteiger partial charge in [-0.3, -0.25) is 9.36 Å². The third-order valence-electron chi connectivity index (χ3n) is 5.73. The van der Waals surface area contributed by atoms with Gasteiger partial charge >= 0.3 is 5.97 Å². The Balaban J connectivity index is 1.98. The Hall–Kier alpha value is -2.82. The maximum Gasteiger partial charge on any atom is 0.338 e. The van der Waals surface area contributed by atoms with Crippen molar-refractivity contribution in [2.75, 3.05) is 27.1 Å². The molecule has 3 aromatic rings. The number of fused-ring (bicyclic) bond motifs is 1. The molecule has 0 spiro atoms. The minimum Gasteiger partial charge on any atom is -0.493 e. The van der Waals surface area contributed by atoms with Gasteiger partial charge in [-0.2, -0.15) is 0 Å². The second-order valence-corrected chi connectivity index (χ2v) is 10.5. The molecule has 0 saturated carbocycles. The average Bonchev–Trinajstić information content (AvgIpc) is 3.17. The van der Waals surface area contributed by atoms with Gasteiger partial charge in [0.25, 0.3) is 5.56 Å². The molecule has 0 aliphatic carbocycles. The van der Waals surface area contributed by atoms with Gasteiger partial charge in [-0.15, -0.1) is 11.8 Å². The zero-order chi connectivity index (χ0) is 26.0. The number of esters is 1. The molecule has 4 rings (SSSR count). The second kappa shape index (κ2) is 11.1. The highest BCUT2D eigenvalue weighted by molar-refractivity contribution is 9.10. The highest BCUT2D eigenvalue weighted by Crippen LogP contribution is 2.40. The summed E-state index contributed by atoms with van der Waals surface area (Å²) in [5, 5.41) is 0. The number of hydrogen-bond acceptors (Lipinski definition) is 8. The molecule has 0 fully saturated rings. The Labute approximate surface area is 225 Å². The Morgan fingerprint density at radius 1 is 1.19 bits per heavy atom. The van der Waals surface area contributed by atoms with E-state index in [1.807, 2.05) is 36.6 Å². The fraction of sp³-hybridized carbons (Fsp3) is 0.269. The van der Waals surface area contributed by atoms with Crippen LogP contribution in [0.3, 0.4) is 0 Å². The highest BCUT2D eigenvalue weighted by Gasteiger charge is 2.35. The van der Waals surface area contributed by atoms with Gasteiger partial charge in [0.15, 0.2) is 16.3 Å². The van der Waals surface area contributed by atoms with Crippen molar-refractivity contribution in [2.24, 2.45) is 4.99 Å². The molecule has 1 aliphatic heterocycles. The van der Waals surface area contributed by atoms with Crippen LogP contribution in [0.1, 0.15) is 31.0 Å². The Kier molecular flexibility index (Phi) is 8.07. The number of aromatic nitrogens is 1. The number of rotatable bonds is 7. The number of nitrogens with zero attached hydrogens (tertiary/aromatic N) is 2. The molecular weight excluding hydrogens is 564 g/mol. The van der Waals surface area contributed by atoms with Crippen LogP contribution < -0.4 is 24.4 Å². The number of thioether (sulfide) groups is 1. The Morgan fingerprint density at radius 3 is 2.47 bits per heavy atom. The largest absolute Gasteiger partial charge is 0.493 e. The van der Waals surface area contributed by atoms with Gasteiger partial charge in [0, 0.05) is 9.37 Å².